The van der Waals surface area contributed by atoms with Crippen molar-refractivity contribution >= 4 is 5.91 Å². The van der Waals surface area contributed by atoms with Gasteiger partial charge in [-0.05, 0) is 41.8 Å². The number of carbonyl (C=O) groups excluding carboxylic acids is 1. The predicted octanol–water partition coefficient (Wildman–Crippen LogP) is 4.26. The first kappa shape index (κ1) is 21.4. The van der Waals surface area contributed by atoms with E-state index >= 15 is 0 Å². The zero-order valence-electron chi connectivity index (χ0n) is 17.2. The summed E-state index contributed by atoms with van der Waals surface area (Å²) in [6.45, 7) is 1.96. The number of carbonyl (C=O) groups is 1. The molecule has 0 aromatic heterocycles. The summed E-state index contributed by atoms with van der Waals surface area (Å²) in [5, 5.41) is 2.96. The van der Waals surface area contributed by atoms with Gasteiger partial charge in [-0.2, -0.15) is 0 Å². The quantitative estimate of drug-likeness (QED) is 0.484. The number of methoxy groups -OCH3 is 1. The molecule has 3 aromatic carbocycles. The molecule has 0 aliphatic carbocycles. The van der Waals surface area contributed by atoms with E-state index in [-0.39, 0.29) is 5.91 Å². The molecule has 0 bridgehead atoms. The first-order valence-electron chi connectivity index (χ1n) is 10.0. The second-order valence-corrected chi connectivity index (χ2v) is 6.76. The molecule has 1 N–H and O–H groups in total. The first-order valence-corrected chi connectivity index (χ1v) is 10.0. The normalized spacial score (nSPS) is 10.4. The van der Waals surface area contributed by atoms with Gasteiger partial charge in [0.15, 0.2) is 0 Å². The first-order chi connectivity index (χ1) is 14.8. The number of hydrogen-bond acceptors (Lipinski definition) is 4. The molecule has 0 fully saturated rings. The zero-order chi connectivity index (χ0) is 21.0. The van der Waals surface area contributed by atoms with Gasteiger partial charge >= 0.3 is 0 Å². The van der Waals surface area contributed by atoms with Gasteiger partial charge in [-0.25, -0.2) is 0 Å². The number of amides is 1. The molecule has 1 amide bonds. The zero-order valence-corrected chi connectivity index (χ0v) is 17.2. The van der Waals surface area contributed by atoms with Crippen LogP contribution in [0.3, 0.4) is 0 Å². The topological polar surface area (TPSA) is 56.8 Å². The molecule has 0 atom stereocenters. The molecule has 0 saturated carbocycles. The molecule has 3 aromatic rings. The Kier molecular flexibility index (Phi) is 8.30. The van der Waals surface area contributed by atoms with Crippen LogP contribution >= 0.6 is 0 Å². The largest absolute Gasteiger partial charge is 0.490 e. The van der Waals surface area contributed by atoms with Crippen molar-refractivity contribution in [3.05, 3.63) is 95.6 Å². The van der Waals surface area contributed by atoms with E-state index in [2.05, 4.69) is 5.32 Å². The number of nitrogens with one attached hydrogen (secondary N) is 1. The molecular formula is C25H27NO4. The molecule has 0 aliphatic heterocycles. The van der Waals surface area contributed by atoms with Gasteiger partial charge in [-0.15, -0.1) is 0 Å². The van der Waals surface area contributed by atoms with Gasteiger partial charge in [0.05, 0.1) is 12.2 Å². The Morgan fingerprint density at radius 1 is 0.800 bits per heavy atom. The van der Waals surface area contributed by atoms with Gasteiger partial charge in [0.25, 0.3) is 5.91 Å². The van der Waals surface area contributed by atoms with E-state index in [1.807, 2.05) is 66.7 Å². The minimum absolute atomic E-state index is 0.147. The third-order valence-electron chi connectivity index (χ3n) is 4.55. The lowest BCUT2D eigenvalue weighted by Crippen LogP contribution is -2.26. The Morgan fingerprint density at radius 3 is 2.30 bits per heavy atom. The van der Waals surface area contributed by atoms with Crippen LogP contribution in [-0.2, 0) is 17.8 Å². The highest BCUT2D eigenvalue weighted by atomic mass is 16.5. The Morgan fingerprint density at radius 2 is 1.53 bits per heavy atom. The monoisotopic (exact) mass is 405 g/mol. The number of ether oxygens (including phenoxy) is 3. The number of benzene rings is 3. The Bertz CT molecular complexity index is 910. The van der Waals surface area contributed by atoms with Gasteiger partial charge in [-0.3, -0.25) is 4.79 Å². The van der Waals surface area contributed by atoms with Crippen molar-refractivity contribution in [2.45, 2.75) is 13.0 Å². The number of hydrogen-bond donors (Lipinski definition) is 1. The highest BCUT2D eigenvalue weighted by Crippen LogP contribution is 2.18. The highest BCUT2D eigenvalue weighted by molar-refractivity contribution is 5.96. The van der Waals surface area contributed by atoms with E-state index in [0.29, 0.717) is 37.7 Å². The molecule has 30 heavy (non-hydrogen) atoms. The predicted molar refractivity (Wildman–Crippen MR) is 117 cm³/mol. The van der Waals surface area contributed by atoms with Crippen LogP contribution < -0.4 is 14.8 Å². The Balaban J connectivity index is 1.45. The minimum atomic E-state index is -0.147. The smallest absolute Gasteiger partial charge is 0.255 e. The van der Waals surface area contributed by atoms with E-state index in [1.165, 1.54) is 0 Å². The number of para-hydroxylation sites is 1. The standard InChI is InChI=1S/C25H27NO4/c1-28-17-18-29-24-10-6-5-9-23(24)25(27)26-16-15-20-11-13-22(14-12-20)30-19-21-7-3-2-4-8-21/h2-14H,15-19H2,1H3,(H,26,27). The van der Waals surface area contributed by atoms with Crippen LogP contribution in [0.5, 0.6) is 11.5 Å². The summed E-state index contributed by atoms with van der Waals surface area (Å²) in [7, 11) is 1.62. The van der Waals surface area contributed by atoms with Crippen LogP contribution in [0.2, 0.25) is 0 Å². The summed E-state index contributed by atoms with van der Waals surface area (Å²) in [5.74, 6) is 1.24. The molecule has 0 radical (unpaired) electrons. The van der Waals surface area contributed by atoms with E-state index in [4.69, 9.17) is 14.2 Å². The molecule has 3 rings (SSSR count). The second-order valence-electron chi connectivity index (χ2n) is 6.76. The fourth-order valence-electron chi connectivity index (χ4n) is 2.92. The van der Waals surface area contributed by atoms with Gasteiger partial charge in [0.1, 0.15) is 24.7 Å². The molecule has 5 heteroatoms. The second kappa shape index (κ2) is 11.6. The van der Waals surface area contributed by atoms with Crippen LogP contribution in [0.25, 0.3) is 0 Å². The van der Waals surface area contributed by atoms with Crippen molar-refractivity contribution in [2.24, 2.45) is 0 Å². The summed E-state index contributed by atoms with van der Waals surface area (Å²) < 4.78 is 16.4. The maximum Gasteiger partial charge on any atom is 0.255 e. The van der Waals surface area contributed by atoms with E-state index in [0.717, 1.165) is 23.3 Å². The molecule has 156 valence electrons. The SMILES string of the molecule is COCCOc1ccccc1C(=O)NCCc1ccc(OCc2ccccc2)cc1. The van der Waals surface area contributed by atoms with Crippen molar-refractivity contribution in [3.8, 4) is 11.5 Å². The summed E-state index contributed by atoms with van der Waals surface area (Å²) in [6.07, 6.45) is 0.734. The highest BCUT2D eigenvalue weighted by Gasteiger charge is 2.11. The third-order valence-corrected chi connectivity index (χ3v) is 4.55. The van der Waals surface area contributed by atoms with Crippen LogP contribution in [-0.4, -0.2) is 32.8 Å². The number of rotatable bonds is 11. The van der Waals surface area contributed by atoms with Crippen molar-refractivity contribution in [2.75, 3.05) is 26.9 Å². The van der Waals surface area contributed by atoms with E-state index < -0.39 is 0 Å². The molecule has 0 heterocycles. The van der Waals surface area contributed by atoms with E-state index in [1.54, 1.807) is 19.2 Å². The average Bonchev–Trinajstić information content (AvgIpc) is 2.80. The summed E-state index contributed by atoms with van der Waals surface area (Å²) in [5.41, 5.74) is 2.79. The molecule has 0 unspecified atom stereocenters. The van der Waals surface area contributed by atoms with Crippen molar-refractivity contribution in [1.29, 1.82) is 0 Å². The van der Waals surface area contributed by atoms with Crippen LogP contribution in [0.15, 0.2) is 78.9 Å². The molecule has 0 saturated heterocycles. The van der Waals surface area contributed by atoms with Crippen LogP contribution in [0.4, 0.5) is 0 Å². The van der Waals surface area contributed by atoms with Crippen molar-refractivity contribution < 1.29 is 19.0 Å². The Labute approximate surface area is 177 Å². The van der Waals surface area contributed by atoms with Crippen LogP contribution in [0, 0.1) is 0 Å². The van der Waals surface area contributed by atoms with Gasteiger partial charge in [0.2, 0.25) is 0 Å². The molecule has 0 aliphatic rings. The van der Waals surface area contributed by atoms with Gasteiger partial charge in [0, 0.05) is 13.7 Å². The average molecular weight is 405 g/mol. The van der Waals surface area contributed by atoms with Gasteiger partial charge in [-0.1, -0.05) is 54.6 Å². The minimum Gasteiger partial charge on any atom is -0.490 e. The fraction of sp³-hybridized carbons (Fsp3) is 0.240. The van der Waals surface area contributed by atoms with E-state index in [9.17, 15) is 4.79 Å². The third kappa shape index (κ3) is 6.64. The fourth-order valence-corrected chi connectivity index (χ4v) is 2.92. The molecule has 5 nitrogen and oxygen atoms in total. The molecular weight excluding hydrogens is 378 g/mol. The molecule has 0 spiro atoms. The van der Waals surface area contributed by atoms with Crippen molar-refractivity contribution in [1.82, 2.24) is 5.32 Å². The maximum atomic E-state index is 12.5. The maximum absolute atomic E-state index is 12.5. The van der Waals surface area contributed by atoms with Crippen molar-refractivity contribution in [3.63, 3.8) is 0 Å². The Hall–Kier alpha value is -3.31. The van der Waals surface area contributed by atoms with Crippen LogP contribution in [0.1, 0.15) is 21.5 Å². The summed E-state index contributed by atoms with van der Waals surface area (Å²) in [6, 6.07) is 25.3. The lowest BCUT2D eigenvalue weighted by atomic mass is 10.1. The lowest BCUT2D eigenvalue weighted by molar-refractivity contribution is 0.0946. The lowest BCUT2D eigenvalue weighted by Gasteiger charge is -2.11. The summed E-state index contributed by atoms with van der Waals surface area (Å²) >= 11 is 0. The van der Waals surface area contributed by atoms with Gasteiger partial charge < -0.3 is 19.5 Å². The summed E-state index contributed by atoms with van der Waals surface area (Å²) in [4.78, 5) is 12.5.